The molecule has 1 aliphatic rings. The molecule has 1 aliphatic heterocycles. The average molecular weight is 218 g/mol. The van der Waals surface area contributed by atoms with Crippen LogP contribution in [0.15, 0.2) is 18.2 Å². The first-order valence-corrected chi connectivity index (χ1v) is 5.69. The van der Waals surface area contributed by atoms with Gasteiger partial charge in [0.15, 0.2) is 0 Å². The summed E-state index contributed by atoms with van der Waals surface area (Å²) in [5.41, 5.74) is 8.53. The minimum Gasteiger partial charge on any atom is -0.338 e. The maximum Gasteiger partial charge on any atom is 0.254 e. The normalized spacial score (nSPS) is 16.1. The predicted molar refractivity (Wildman–Crippen MR) is 64.4 cm³/mol. The zero-order valence-corrected chi connectivity index (χ0v) is 9.86. The van der Waals surface area contributed by atoms with Crippen LogP contribution in [0, 0.1) is 19.8 Å². The number of amides is 1. The Morgan fingerprint density at radius 3 is 2.44 bits per heavy atom. The zero-order chi connectivity index (χ0) is 11.7. The lowest BCUT2D eigenvalue weighted by Crippen LogP contribution is -2.52. The molecule has 0 radical (unpaired) electrons. The molecule has 0 unspecified atom stereocenters. The minimum absolute atomic E-state index is 0.153. The summed E-state index contributed by atoms with van der Waals surface area (Å²) < 4.78 is 0. The quantitative estimate of drug-likeness (QED) is 0.814. The van der Waals surface area contributed by atoms with E-state index < -0.39 is 0 Å². The van der Waals surface area contributed by atoms with Gasteiger partial charge in [0, 0.05) is 24.6 Å². The van der Waals surface area contributed by atoms with Crippen molar-refractivity contribution in [3.05, 3.63) is 34.9 Å². The van der Waals surface area contributed by atoms with Crippen molar-refractivity contribution in [2.24, 2.45) is 11.7 Å². The lowest BCUT2D eigenvalue weighted by atomic mass is 9.96. The highest BCUT2D eigenvalue weighted by Crippen LogP contribution is 2.21. The van der Waals surface area contributed by atoms with E-state index in [2.05, 4.69) is 0 Å². The number of nitrogens with zero attached hydrogens (tertiary/aromatic N) is 1. The van der Waals surface area contributed by atoms with Crippen LogP contribution in [-0.2, 0) is 0 Å². The van der Waals surface area contributed by atoms with Crippen molar-refractivity contribution in [3.63, 3.8) is 0 Å². The first-order chi connectivity index (χ1) is 7.63. The highest BCUT2D eigenvalue weighted by atomic mass is 16.2. The molecule has 1 heterocycles. The standard InChI is InChI=1S/C13H18N2O/c1-9-4-3-5-10(2)12(9)13(16)15-7-11(6-14)8-15/h3-5,11H,6-8,14H2,1-2H3. The Bertz CT molecular complexity index is 388. The maximum atomic E-state index is 12.2. The van der Waals surface area contributed by atoms with Gasteiger partial charge in [-0.1, -0.05) is 18.2 Å². The molecule has 0 aromatic heterocycles. The van der Waals surface area contributed by atoms with Crippen LogP contribution in [-0.4, -0.2) is 30.4 Å². The second-order valence-corrected chi connectivity index (χ2v) is 4.58. The highest BCUT2D eigenvalue weighted by molar-refractivity contribution is 5.97. The zero-order valence-electron chi connectivity index (χ0n) is 9.86. The Kier molecular flexibility index (Phi) is 2.97. The fourth-order valence-corrected chi connectivity index (χ4v) is 2.19. The van der Waals surface area contributed by atoms with E-state index in [0.29, 0.717) is 12.5 Å². The van der Waals surface area contributed by atoms with E-state index in [0.717, 1.165) is 29.8 Å². The summed E-state index contributed by atoms with van der Waals surface area (Å²) in [6.07, 6.45) is 0. The molecule has 2 N–H and O–H groups in total. The SMILES string of the molecule is Cc1cccc(C)c1C(=O)N1CC(CN)C1. The molecule has 1 saturated heterocycles. The number of carbonyl (C=O) groups is 1. The molecule has 0 saturated carbocycles. The number of nitrogens with two attached hydrogens (primary N) is 1. The van der Waals surface area contributed by atoms with Crippen molar-refractivity contribution in [1.29, 1.82) is 0 Å². The number of rotatable bonds is 2. The molecule has 3 nitrogen and oxygen atoms in total. The molecule has 16 heavy (non-hydrogen) atoms. The molecule has 3 heteroatoms. The smallest absolute Gasteiger partial charge is 0.254 e. The van der Waals surface area contributed by atoms with Gasteiger partial charge >= 0.3 is 0 Å². The van der Waals surface area contributed by atoms with Gasteiger partial charge in [-0.3, -0.25) is 4.79 Å². The van der Waals surface area contributed by atoms with Crippen molar-refractivity contribution < 1.29 is 4.79 Å². The molecule has 86 valence electrons. The van der Waals surface area contributed by atoms with E-state index in [9.17, 15) is 4.79 Å². The van der Waals surface area contributed by atoms with Gasteiger partial charge in [-0.15, -0.1) is 0 Å². The van der Waals surface area contributed by atoms with Gasteiger partial charge in [-0.05, 0) is 31.5 Å². The molecular formula is C13H18N2O. The molecule has 1 aromatic carbocycles. The monoisotopic (exact) mass is 218 g/mol. The van der Waals surface area contributed by atoms with Gasteiger partial charge in [-0.25, -0.2) is 0 Å². The van der Waals surface area contributed by atoms with Crippen molar-refractivity contribution in [1.82, 2.24) is 4.90 Å². The van der Waals surface area contributed by atoms with Crippen molar-refractivity contribution in [2.75, 3.05) is 19.6 Å². The molecule has 0 aliphatic carbocycles. The molecule has 0 spiro atoms. The van der Waals surface area contributed by atoms with Crippen LogP contribution < -0.4 is 5.73 Å². The average Bonchev–Trinajstić information content (AvgIpc) is 2.15. The Morgan fingerprint density at radius 2 is 1.94 bits per heavy atom. The van der Waals surface area contributed by atoms with E-state index >= 15 is 0 Å². The van der Waals surface area contributed by atoms with Gasteiger partial charge in [0.05, 0.1) is 0 Å². The molecule has 1 amide bonds. The first kappa shape index (κ1) is 11.1. The third kappa shape index (κ3) is 1.83. The first-order valence-electron chi connectivity index (χ1n) is 5.69. The number of likely N-dealkylation sites (tertiary alicyclic amines) is 1. The fourth-order valence-electron chi connectivity index (χ4n) is 2.19. The summed E-state index contributed by atoms with van der Waals surface area (Å²) in [5, 5.41) is 0. The lowest BCUT2D eigenvalue weighted by Gasteiger charge is -2.39. The summed E-state index contributed by atoms with van der Waals surface area (Å²) in [5.74, 6) is 0.647. The van der Waals surface area contributed by atoms with Crippen molar-refractivity contribution in [3.8, 4) is 0 Å². The van der Waals surface area contributed by atoms with Crippen LogP contribution in [0.3, 0.4) is 0 Å². The Balaban J connectivity index is 2.16. The second kappa shape index (κ2) is 4.26. The fraction of sp³-hybridized carbons (Fsp3) is 0.462. The third-order valence-electron chi connectivity index (χ3n) is 3.27. The van der Waals surface area contributed by atoms with Crippen LogP contribution in [0.2, 0.25) is 0 Å². The largest absolute Gasteiger partial charge is 0.338 e. The lowest BCUT2D eigenvalue weighted by molar-refractivity contribution is 0.0514. The summed E-state index contributed by atoms with van der Waals surface area (Å²) in [7, 11) is 0. The summed E-state index contributed by atoms with van der Waals surface area (Å²) in [6.45, 7) is 6.27. The van der Waals surface area contributed by atoms with Crippen LogP contribution >= 0.6 is 0 Å². The Morgan fingerprint density at radius 1 is 1.38 bits per heavy atom. The molecule has 2 rings (SSSR count). The van der Waals surface area contributed by atoms with E-state index in [1.54, 1.807) is 0 Å². The van der Waals surface area contributed by atoms with Gasteiger partial charge in [0.25, 0.3) is 5.91 Å². The maximum absolute atomic E-state index is 12.2. The number of hydrogen-bond donors (Lipinski definition) is 1. The summed E-state index contributed by atoms with van der Waals surface area (Å²) in [4.78, 5) is 14.1. The topological polar surface area (TPSA) is 46.3 Å². The molecule has 1 fully saturated rings. The van der Waals surface area contributed by atoms with Gasteiger partial charge in [0.1, 0.15) is 0 Å². The Labute approximate surface area is 96.2 Å². The van der Waals surface area contributed by atoms with Crippen LogP contribution in [0.4, 0.5) is 0 Å². The predicted octanol–water partition coefficient (Wildman–Crippen LogP) is 1.33. The Hall–Kier alpha value is -1.35. The van der Waals surface area contributed by atoms with E-state index in [1.165, 1.54) is 0 Å². The summed E-state index contributed by atoms with van der Waals surface area (Å²) >= 11 is 0. The van der Waals surface area contributed by atoms with Crippen molar-refractivity contribution >= 4 is 5.91 Å². The molecule has 1 aromatic rings. The van der Waals surface area contributed by atoms with Crippen LogP contribution in [0.25, 0.3) is 0 Å². The molecular weight excluding hydrogens is 200 g/mol. The second-order valence-electron chi connectivity index (χ2n) is 4.58. The van der Waals surface area contributed by atoms with Gasteiger partial charge in [0.2, 0.25) is 0 Å². The van der Waals surface area contributed by atoms with E-state index in [1.807, 2.05) is 36.9 Å². The highest BCUT2D eigenvalue weighted by Gasteiger charge is 2.31. The molecule has 0 bridgehead atoms. The van der Waals surface area contributed by atoms with Gasteiger partial charge in [-0.2, -0.15) is 0 Å². The van der Waals surface area contributed by atoms with Crippen molar-refractivity contribution in [2.45, 2.75) is 13.8 Å². The number of hydrogen-bond acceptors (Lipinski definition) is 2. The third-order valence-corrected chi connectivity index (χ3v) is 3.27. The summed E-state index contributed by atoms with van der Waals surface area (Å²) in [6, 6.07) is 5.96. The number of benzene rings is 1. The van der Waals surface area contributed by atoms with E-state index in [-0.39, 0.29) is 5.91 Å². The van der Waals surface area contributed by atoms with Crippen LogP contribution in [0.1, 0.15) is 21.5 Å². The minimum atomic E-state index is 0.153. The number of carbonyl (C=O) groups excluding carboxylic acids is 1. The molecule has 0 atom stereocenters. The van der Waals surface area contributed by atoms with Crippen LogP contribution in [0.5, 0.6) is 0 Å². The van der Waals surface area contributed by atoms with Gasteiger partial charge < -0.3 is 10.6 Å². The van der Waals surface area contributed by atoms with E-state index in [4.69, 9.17) is 5.73 Å². The number of aryl methyl sites for hydroxylation is 2.